The number of hydrogen-bond donors (Lipinski definition) is 1. The van der Waals surface area contributed by atoms with Gasteiger partial charge in [-0.05, 0) is 43.7 Å². The number of anilines is 1. The number of aryl methyl sites for hydroxylation is 2. The van der Waals surface area contributed by atoms with Crippen molar-refractivity contribution in [2.24, 2.45) is 7.05 Å². The lowest BCUT2D eigenvalue weighted by molar-refractivity contribution is -0.122. The van der Waals surface area contributed by atoms with Crippen molar-refractivity contribution in [1.29, 1.82) is 0 Å². The summed E-state index contributed by atoms with van der Waals surface area (Å²) in [6, 6.07) is 8.55. The Morgan fingerprint density at radius 3 is 2.77 bits per heavy atom. The van der Waals surface area contributed by atoms with Gasteiger partial charge >= 0.3 is 0 Å². The number of carbonyl (C=O) groups excluding carboxylic acids is 1. The van der Waals surface area contributed by atoms with E-state index in [4.69, 9.17) is 16.3 Å². The zero-order chi connectivity index (χ0) is 16.3. The Bertz CT molecular complexity index is 755. The lowest BCUT2D eigenvalue weighted by atomic mass is 10.2. The molecule has 0 aliphatic heterocycles. The third-order valence-electron chi connectivity index (χ3n) is 3.20. The predicted octanol–water partition coefficient (Wildman–Crippen LogP) is 2.75. The first-order valence-corrected chi connectivity index (χ1v) is 7.15. The minimum atomic E-state index is -0.761. The Morgan fingerprint density at radius 2 is 2.09 bits per heavy atom. The summed E-state index contributed by atoms with van der Waals surface area (Å²) in [5.41, 5.74) is 0.700. The highest BCUT2D eigenvalue weighted by atomic mass is 35.5. The van der Waals surface area contributed by atoms with Crippen LogP contribution in [0, 0.1) is 6.92 Å². The molecule has 1 heterocycles. The Balaban J connectivity index is 2.12. The maximum Gasteiger partial charge on any atom is 0.274 e. The maximum absolute atomic E-state index is 12.2. The number of rotatable bonds is 4. The molecule has 0 spiro atoms. The average molecular weight is 321 g/mol. The van der Waals surface area contributed by atoms with Crippen LogP contribution in [0.2, 0.25) is 5.02 Å². The molecule has 22 heavy (non-hydrogen) atoms. The lowest BCUT2D eigenvalue weighted by Gasteiger charge is -2.16. The van der Waals surface area contributed by atoms with Crippen LogP contribution in [0.4, 0.5) is 5.69 Å². The van der Waals surface area contributed by atoms with Gasteiger partial charge in [-0.15, -0.1) is 0 Å². The van der Waals surface area contributed by atoms with Gasteiger partial charge in [0.25, 0.3) is 11.5 Å². The number of pyridine rings is 1. The van der Waals surface area contributed by atoms with E-state index in [1.807, 2.05) is 0 Å². The third-order valence-corrected chi connectivity index (χ3v) is 3.44. The Morgan fingerprint density at radius 1 is 1.36 bits per heavy atom. The van der Waals surface area contributed by atoms with Crippen molar-refractivity contribution >= 4 is 23.2 Å². The Kier molecular flexibility index (Phi) is 4.88. The molecular weight excluding hydrogens is 304 g/mol. The molecule has 0 aliphatic rings. The maximum atomic E-state index is 12.2. The number of nitrogens with zero attached hydrogens (tertiary/aromatic N) is 1. The van der Waals surface area contributed by atoms with E-state index in [0.29, 0.717) is 16.3 Å². The molecule has 0 radical (unpaired) electrons. The molecule has 1 amide bonds. The molecule has 6 heteroatoms. The molecule has 0 saturated carbocycles. The summed E-state index contributed by atoms with van der Waals surface area (Å²) in [5.74, 6) is 0.0965. The molecule has 2 aromatic rings. The smallest absolute Gasteiger partial charge is 0.274 e. The topological polar surface area (TPSA) is 60.3 Å². The normalized spacial score (nSPS) is 11.8. The van der Waals surface area contributed by atoms with Gasteiger partial charge in [-0.1, -0.05) is 17.7 Å². The molecule has 0 saturated heterocycles. The van der Waals surface area contributed by atoms with Gasteiger partial charge in [0, 0.05) is 18.3 Å². The van der Waals surface area contributed by atoms with E-state index in [2.05, 4.69) is 5.32 Å². The fourth-order valence-electron chi connectivity index (χ4n) is 1.89. The molecular formula is C16H17ClN2O3. The molecule has 0 aliphatic carbocycles. The van der Waals surface area contributed by atoms with E-state index in [1.165, 1.54) is 4.57 Å². The van der Waals surface area contributed by atoms with Gasteiger partial charge in [-0.25, -0.2) is 0 Å². The second kappa shape index (κ2) is 6.66. The van der Waals surface area contributed by atoms with Crippen molar-refractivity contribution in [3.05, 3.63) is 57.5 Å². The van der Waals surface area contributed by atoms with Gasteiger partial charge in [-0.2, -0.15) is 0 Å². The third kappa shape index (κ3) is 3.68. The van der Waals surface area contributed by atoms with E-state index < -0.39 is 12.0 Å². The molecule has 1 N–H and O–H groups in total. The minimum absolute atomic E-state index is 0.261. The summed E-state index contributed by atoms with van der Waals surface area (Å²) in [7, 11) is 1.63. The van der Waals surface area contributed by atoms with Crippen LogP contribution in [0.3, 0.4) is 0 Å². The van der Waals surface area contributed by atoms with Crippen LogP contribution in [-0.2, 0) is 11.8 Å². The van der Waals surface area contributed by atoms with E-state index in [9.17, 15) is 9.59 Å². The SMILES string of the molecule is Cc1ccn(C)c(=O)c1NC(=O)C(C)Oc1cccc(Cl)c1. The first-order chi connectivity index (χ1) is 10.4. The van der Waals surface area contributed by atoms with Crippen molar-refractivity contribution in [1.82, 2.24) is 4.57 Å². The van der Waals surface area contributed by atoms with E-state index in [0.717, 1.165) is 0 Å². The van der Waals surface area contributed by atoms with Gasteiger partial charge in [0.05, 0.1) is 0 Å². The average Bonchev–Trinajstić information content (AvgIpc) is 2.47. The fraction of sp³-hybridized carbons (Fsp3) is 0.250. The zero-order valence-corrected chi connectivity index (χ0v) is 13.3. The zero-order valence-electron chi connectivity index (χ0n) is 12.6. The van der Waals surface area contributed by atoms with E-state index in [-0.39, 0.29) is 11.2 Å². The molecule has 116 valence electrons. The summed E-state index contributed by atoms with van der Waals surface area (Å²) in [5, 5.41) is 3.15. The number of benzene rings is 1. The van der Waals surface area contributed by atoms with E-state index >= 15 is 0 Å². The van der Waals surface area contributed by atoms with Gasteiger partial charge < -0.3 is 14.6 Å². The minimum Gasteiger partial charge on any atom is -0.481 e. The van der Waals surface area contributed by atoms with Gasteiger partial charge in [-0.3, -0.25) is 9.59 Å². The molecule has 2 rings (SSSR count). The monoisotopic (exact) mass is 320 g/mol. The van der Waals surface area contributed by atoms with Crippen molar-refractivity contribution < 1.29 is 9.53 Å². The molecule has 1 aromatic heterocycles. The second-order valence-corrected chi connectivity index (χ2v) is 5.43. The Labute approximate surface area is 133 Å². The number of amides is 1. The molecule has 5 nitrogen and oxygen atoms in total. The number of ether oxygens (including phenoxy) is 1. The summed E-state index contributed by atoms with van der Waals surface area (Å²) < 4.78 is 6.94. The van der Waals surface area contributed by atoms with Gasteiger partial charge in [0.15, 0.2) is 6.10 Å². The van der Waals surface area contributed by atoms with Crippen LogP contribution in [0.5, 0.6) is 5.75 Å². The largest absolute Gasteiger partial charge is 0.481 e. The summed E-state index contributed by atoms with van der Waals surface area (Å²) in [6.07, 6.45) is 0.891. The lowest BCUT2D eigenvalue weighted by Crippen LogP contribution is -2.33. The highest BCUT2D eigenvalue weighted by molar-refractivity contribution is 6.30. The standard InChI is InChI=1S/C16H17ClN2O3/c1-10-7-8-19(3)16(21)14(10)18-15(20)11(2)22-13-6-4-5-12(17)9-13/h4-9,11H,1-3H3,(H,18,20). The molecule has 1 unspecified atom stereocenters. The van der Waals surface area contributed by atoms with Crippen molar-refractivity contribution in [3.63, 3.8) is 0 Å². The van der Waals surface area contributed by atoms with Crippen LogP contribution in [0.15, 0.2) is 41.3 Å². The molecule has 0 bridgehead atoms. The van der Waals surface area contributed by atoms with E-state index in [1.54, 1.807) is 57.4 Å². The highest BCUT2D eigenvalue weighted by Gasteiger charge is 2.17. The first kappa shape index (κ1) is 16.1. The van der Waals surface area contributed by atoms with Gasteiger partial charge in [0.2, 0.25) is 0 Å². The van der Waals surface area contributed by atoms with Crippen LogP contribution in [0.25, 0.3) is 0 Å². The number of carbonyl (C=O) groups is 1. The number of hydrogen-bond acceptors (Lipinski definition) is 3. The summed E-state index contributed by atoms with van der Waals surface area (Å²) >= 11 is 5.87. The van der Waals surface area contributed by atoms with Crippen LogP contribution in [0.1, 0.15) is 12.5 Å². The van der Waals surface area contributed by atoms with Gasteiger partial charge in [0.1, 0.15) is 11.4 Å². The summed E-state index contributed by atoms with van der Waals surface area (Å²) in [4.78, 5) is 24.2. The molecule has 1 aromatic carbocycles. The highest BCUT2D eigenvalue weighted by Crippen LogP contribution is 2.18. The van der Waals surface area contributed by atoms with Crippen LogP contribution in [-0.4, -0.2) is 16.6 Å². The molecule has 0 fully saturated rings. The first-order valence-electron chi connectivity index (χ1n) is 6.78. The van der Waals surface area contributed by atoms with Crippen molar-refractivity contribution in [2.45, 2.75) is 20.0 Å². The van der Waals surface area contributed by atoms with Crippen molar-refractivity contribution in [3.8, 4) is 5.75 Å². The Hall–Kier alpha value is -2.27. The van der Waals surface area contributed by atoms with Crippen LogP contribution >= 0.6 is 11.6 Å². The quantitative estimate of drug-likeness (QED) is 0.942. The number of halogens is 1. The number of aromatic nitrogens is 1. The second-order valence-electron chi connectivity index (χ2n) is 5.00. The summed E-state index contributed by atoms with van der Waals surface area (Å²) in [6.45, 7) is 3.37. The van der Waals surface area contributed by atoms with Crippen molar-refractivity contribution in [2.75, 3.05) is 5.32 Å². The predicted molar refractivity (Wildman–Crippen MR) is 86.6 cm³/mol. The number of nitrogens with one attached hydrogen (secondary N) is 1. The van der Waals surface area contributed by atoms with Crippen LogP contribution < -0.4 is 15.6 Å². The fourth-order valence-corrected chi connectivity index (χ4v) is 2.07. The molecule has 1 atom stereocenters.